The molecular weight excluding hydrogens is 499 g/mol. The number of aryl methyl sites for hydroxylation is 3. The molecule has 0 N–H and O–H groups in total. The second kappa shape index (κ2) is 9.76. The van der Waals surface area contributed by atoms with Gasteiger partial charge in [0.05, 0.1) is 34.3 Å². The first-order valence-electron chi connectivity index (χ1n) is 11.6. The molecule has 0 atom stereocenters. The van der Waals surface area contributed by atoms with Crippen LogP contribution in [0.15, 0.2) is 34.1 Å². The Morgan fingerprint density at radius 3 is 2.83 bits per heavy atom. The molecule has 5 heterocycles. The lowest BCUT2D eigenvalue weighted by Crippen LogP contribution is -2.25. The van der Waals surface area contributed by atoms with Gasteiger partial charge in [-0.05, 0) is 12.1 Å². The van der Waals surface area contributed by atoms with E-state index >= 15 is 0 Å². The van der Waals surface area contributed by atoms with Crippen molar-refractivity contribution in [2.45, 2.75) is 51.8 Å². The molecule has 0 aliphatic carbocycles. The number of aromatic nitrogens is 7. The smallest absolute Gasteiger partial charge is 0.291 e. The van der Waals surface area contributed by atoms with Crippen molar-refractivity contribution in [1.82, 2.24) is 34.1 Å². The van der Waals surface area contributed by atoms with Crippen LogP contribution in [0.3, 0.4) is 0 Å². The van der Waals surface area contributed by atoms with Gasteiger partial charge in [0.25, 0.3) is 5.56 Å². The zero-order valence-corrected chi connectivity index (χ0v) is 23.0. The molecule has 0 fully saturated rings. The highest BCUT2D eigenvalue weighted by Crippen LogP contribution is 2.31. The number of hydrogen-bond acceptors (Lipinski definition) is 8. The summed E-state index contributed by atoms with van der Waals surface area (Å²) in [5, 5.41) is 12.9. The van der Waals surface area contributed by atoms with Crippen molar-refractivity contribution in [1.29, 1.82) is 0 Å². The van der Waals surface area contributed by atoms with Gasteiger partial charge in [-0.15, -0.1) is 22.7 Å². The predicted octanol–water partition coefficient (Wildman–Crippen LogP) is 4.14. The highest BCUT2D eigenvalue weighted by atomic mass is 32.1. The van der Waals surface area contributed by atoms with E-state index in [4.69, 9.17) is 9.72 Å². The molecule has 0 saturated heterocycles. The number of thiazole rings is 2. The van der Waals surface area contributed by atoms with Crippen LogP contribution >= 0.6 is 22.7 Å². The van der Waals surface area contributed by atoms with E-state index in [1.807, 2.05) is 33.9 Å². The molecule has 0 saturated carbocycles. The summed E-state index contributed by atoms with van der Waals surface area (Å²) in [4.78, 5) is 22.3. The molecule has 5 rings (SSSR count). The molecule has 12 heteroatoms. The van der Waals surface area contributed by atoms with E-state index in [2.05, 4.69) is 34.8 Å². The van der Waals surface area contributed by atoms with Gasteiger partial charge >= 0.3 is 0 Å². The molecule has 0 bridgehead atoms. The van der Waals surface area contributed by atoms with Gasteiger partial charge in [-0.2, -0.15) is 10.2 Å². The van der Waals surface area contributed by atoms with Crippen LogP contribution in [0.2, 0.25) is 25.7 Å². The molecule has 0 spiro atoms. The zero-order chi connectivity index (χ0) is 24.6. The summed E-state index contributed by atoms with van der Waals surface area (Å²) < 4.78 is 12.0. The second-order valence-electron chi connectivity index (χ2n) is 9.86. The summed E-state index contributed by atoms with van der Waals surface area (Å²) in [5.74, 6) is 0. The second-order valence-corrected chi connectivity index (χ2v) is 17.3. The fraction of sp³-hybridized carbons (Fsp3) is 0.435. The zero-order valence-electron chi connectivity index (χ0n) is 20.4. The average molecular weight is 528 g/mol. The van der Waals surface area contributed by atoms with Crippen molar-refractivity contribution in [2.75, 3.05) is 6.61 Å². The minimum Gasteiger partial charge on any atom is -0.360 e. The molecule has 35 heavy (non-hydrogen) atoms. The van der Waals surface area contributed by atoms with E-state index in [9.17, 15) is 4.79 Å². The van der Waals surface area contributed by atoms with E-state index in [0.29, 0.717) is 31.6 Å². The summed E-state index contributed by atoms with van der Waals surface area (Å²) in [6, 6.07) is 3.15. The van der Waals surface area contributed by atoms with Crippen molar-refractivity contribution < 1.29 is 4.74 Å². The van der Waals surface area contributed by atoms with Gasteiger partial charge in [0.15, 0.2) is 5.65 Å². The molecule has 184 valence electrons. The first-order chi connectivity index (χ1) is 16.8. The van der Waals surface area contributed by atoms with Crippen LogP contribution in [0.25, 0.3) is 21.3 Å². The van der Waals surface area contributed by atoms with Crippen molar-refractivity contribution in [3.63, 3.8) is 0 Å². The monoisotopic (exact) mass is 527 g/mol. The first-order valence-corrected chi connectivity index (χ1v) is 17.1. The van der Waals surface area contributed by atoms with E-state index < -0.39 is 8.07 Å². The maximum atomic E-state index is 13.1. The largest absolute Gasteiger partial charge is 0.360 e. The summed E-state index contributed by atoms with van der Waals surface area (Å²) >= 11 is 3.15. The quantitative estimate of drug-likeness (QED) is 0.200. The molecule has 0 amide bonds. The standard InChI is InChI=1S/C23H29N7O2S2Si/c1-28-20-18(12-25-30(23(20)31)8-6-17-13-33-14-24-17)21-22(28)26-19(34-21)11-16-5-7-29(27-16)15-32-9-10-35(2,3)4/h5,7,12-14H,6,8-11,15H2,1-4H3. The van der Waals surface area contributed by atoms with Gasteiger partial charge in [-0.1, -0.05) is 19.6 Å². The van der Waals surface area contributed by atoms with Gasteiger partial charge in [-0.25, -0.2) is 19.3 Å². The van der Waals surface area contributed by atoms with Gasteiger partial charge in [0.2, 0.25) is 0 Å². The maximum absolute atomic E-state index is 13.1. The third kappa shape index (κ3) is 5.30. The van der Waals surface area contributed by atoms with Crippen molar-refractivity contribution in [3.8, 4) is 0 Å². The first kappa shape index (κ1) is 24.0. The fourth-order valence-electron chi connectivity index (χ4n) is 3.91. The lowest BCUT2D eigenvalue weighted by atomic mass is 10.3. The van der Waals surface area contributed by atoms with E-state index in [-0.39, 0.29) is 5.56 Å². The summed E-state index contributed by atoms with van der Waals surface area (Å²) in [6.07, 6.45) is 5.05. The third-order valence-electron chi connectivity index (χ3n) is 5.88. The number of nitrogens with zero attached hydrogens (tertiary/aromatic N) is 7. The average Bonchev–Trinajstić information content (AvgIpc) is 3.58. The molecule has 0 radical (unpaired) electrons. The Hall–Kier alpha value is -2.67. The van der Waals surface area contributed by atoms with Crippen LogP contribution in [-0.4, -0.2) is 48.8 Å². The lowest BCUT2D eigenvalue weighted by molar-refractivity contribution is 0.0783. The Labute approximate surface area is 212 Å². The lowest BCUT2D eigenvalue weighted by Gasteiger charge is -2.15. The third-order valence-corrected chi connectivity index (χ3v) is 9.30. The Bertz CT molecular complexity index is 1510. The highest BCUT2D eigenvalue weighted by molar-refractivity contribution is 7.19. The van der Waals surface area contributed by atoms with Crippen LogP contribution in [0.1, 0.15) is 16.4 Å². The number of rotatable bonds is 10. The SMILES string of the molecule is Cn1c2nc(Cc3ccn(COCC[Si](C)(C)C)n3)sc2c2cnn(CCc3cscn3)c(=O)c21. The van der Waals surface area contributed by atoms with Crippen LogP contribution < -0.4 is 5.56 Å². The van der Waals surface area contributed by atoms with Crippen LogP contribution in [-0.2, 0) is 37.9 Å². The van der Waals surface area contributed by atoms with E-state index in [1.165, 1.54) is 4.68 Å². The van der Waals surface area contributed by atoms with Crippen LogP contribution in [0.5, 0.6) is 0 Å². The molecule has 5 aromatic rings. The Morgan fingerprint density at radius 2 is 2.06 bits per heavy atom. The number of fused-ring (bicyclic) bond motifs is 3. The van der Waals surface area contributed by atoms with Gasteiger partial charge in [-0.3, -0.25) is 4.79 Å². The van der Waals surface area contributed by atoms with Crippen LogP contribution in [0.4, 0.5) is 0 Å². The van der Waals surface area contributed by atoms with E-state index in [1.54, 1.807) is 34.4 Å². The Kier molecular flexibility index (Phi) is 6.71. The van der Waals surface area contributed by atoms with Crippen molar-refractivity contribution in [3.05, 3.63) is 56.1 Å². The highest BCUT2D eigenvalue weighted by Gasteiger charge is 2.19. The van der Waals surface area contributed by atoms with Crippen LogP contribution in [0, 0.1) is 0 Å². The van der Waals surface area contributed by atoms with Crippen molar-refractivity contribution in [2.24, 2.45) is 7.05 Å². The summed E-state index contributed by atoms with van der Waals surface area (Å²) in [7, 11) is 0.807. The number of hydrogen-bond donors (Lipinski definition) is 0. The predicted molar refractivity (Wildman–Crippen MR) is 143 cm³/mol. The minimum absolute atomic E-state index is 0.0974. The summed E-state index contributed by atoms with van der Waals surface area (Å²) in [6.45, 7) is 8.78. The Balaban J connectivity index is 1.30. The molecule has 0 aliphatic heterocycles. The molecular formula is C23H29N7O2S2Si. The molecule has 0 aromatic carbocycles. The molecule has 9 nitrogen and oxygen atoms in total. The van der Waals surface area contributed by atoms with Gasteiger partial charge in [0.1, 0.15) is 17.3 Å². The van der Waals surface area contributed by atoms with E-state index in [0.717, 1.165) is 44.8 Å². The Morgan fingerprint density at radius 1 is 1.20 bits per heavy atom. The normalized spacial score (nSPS) is 12.3. The van der Waals surface area contributed by atoms with Gasteiger partial charge < -0.3 is 9.30 Å². The summed E-state index contributed by atoms with van der Waals surface area (Å²) in [5.41, 5.74) is 5.08. The molecule has 0 aliphatic rings. The fourth-order valence-corrected chi connectivity index (χ4v) is 6.38. The minimum atomic E-state index is -1.09. The van der Waals surface area contributed by atoms with Crippen molar-refractivity contribution >= 4 is 52.0 Å². The molecule has 5 aromatic heterocycles. The topological polar surface area (TPSA) is 92.7 Å². The molecule has 0 unspecified atom stereocenters. The number of ether oxygens (including phenoxy) is 1. The van der Waals surface area contributed by atoms with Gasteiger partial charge in [0, 0.05) is 51.5 Å². The maximum Gasteiger partial charge on any atom is 0.291 e.